The topological polar surface area (TPSA) is 43.9 Å². The Labute approximate surface area is 185 Å². The number of carbonyl (C=O) groups is 2. The summed E-state index contributed by atoms with van der Waals surface area (Å²) >= 11 is 0. The molecule has 0 spiro atoms. The Hall–Kier alpha value is -2.66. The van der Waals surface area contributed by atoms with E-state index < -0.39 is 6.04 Å². The lowest BCUT2D eigenvalue weighted by Gasteiger charge is -2.33. The van der Waals surface area contributed by atoms with Crippen molar-refractivity contribution in [3.8, 4) is 0 Å². The highest BCUT2D eigenvalue weighted by molar-refractivity contribution is 6.03. The Morgan fingerprint density at radius 1 is 1.00 bits per heavy atom. The molecule has 0 aliphatic carbocycles. The maximum absolute atomic E-state index is 13.2. The molecule has 0 bridgehead atoms. The van der Waals surface area contributed by atoms with Gasteiger partial charge in [-0.1, -0.05) is 42.5 Å². The van der Waals surface area contributed by atoms with Crippen molar-refractivity contribution in [2.45, 2.75) is 44.6 Å². The molecule has 164 valence electrons. The van der Waals surface area contributed by atoms with Crippen molar-refractivity contribution < 1.29 is 9.59 Å². The van der Waals surface area contributed by atoms with Crippen LogP contribution < -0.4 is 4.90 Å². The van der Waals surface area contributed by atoms with Crippen molar-refractivity contribution in [2.75, 3.05) is 38.6 Å². The second-order valence-electron chi connectivity index (χ2n) is 9.07. The maximum Gasteiger partial charge on any atom is 0.245 e. The standard InChI is InChI=1S/C26H33N3O2/c1-19-8-4-6-10-22(19)20-12-15-28(16-13-20)17-14-25(30)29-23-11-7-5-9-21(23)18-24(29)26(31)27(2)3/h4-11,20,24H,12-18H2,1-3H3. The first-order valence-corrected chi connectivity index (χ1v) is 11.3. The van der Waals surface area contributed by atoms with Gasteiger partial charge in [0.2, 0.25) is 11.8 Å². The fraction of sp³-hybridized carbons (Fsp3) is 0.462. The molecule has 2 heterocycles. The van der Waals surface area contributed by atoms with Crippen LogP contribution in [0.5, 0.6) is 0 Å². The molecular weight excluding hydrogens is 386 g/mol. The Kier molecular flexibility index (Phi) is 6.42. The van der Waals surface area contributed by atoms with Crippen LogP contribution in [0.2, 0.25) is 0 Å². The number of hydrogen-bond donors (Lipinski definition) is 0. The average molecular weight is 420 g/mol. The first-order chi connectivity index (χ1) is 15.0. The van der Waals surface area contributed by atoms with Gasteiger partial charge in [0.15, 0.2) is 0 Å². The second-order valence-corrected chi connectivity index (χ2v) is 9.07. The van der Waals surface area contributed by atoms with Gasteiger partial charge < -0.3 is 9.80 Å². The number of aryl methyl sites for hydroxylation is 1. The number of benzene rings is 2. The summed E-state index contributed by atoms with van der Waals surface area (Å²) in [5, 5.41) is 0. The van der Waals surface area contributed by atoms with E-state index in [4.69, 9.17) is 0 Å². The highest BCUT2D eigenvalue weighted by Gasteiger charge is 2.38. The highest BCUT2D eigenvalue weighted by Crippen LogP contribution is 2.34. The second kappa shape index (κ2) is 9.23. The molecule has 2 aliphatic rings. The van der Waals surface area contributed by atoms with E-state index in [1.54, 1.807) is 23.9 Å². The van der Waals surface area contributed by atoms with Crippen molar-refractivity contribution in [3.63, 3.8) is 0 Å². The molecule has 0 radical (unpaired) electrons. The Morgan fingerprint density at radius 3 is 2.39 bits per heavy atom. The number of para-hydroxylation sites is 1. The normalized spacial score (nSPS) is 19.3. The van der Waals surface area contributed by atoms with Gasteiger partial charge in [-0.2, -0.15) is 0 Å². The minimum Gasteiger partial charge on any atom is -0.347 e. The Balaban J connectivity index is 1.37. The quantitative estimate of drug-likeness (QED) is 0.744. The number of carbonyl (C=O) groups excluding carboxylic acids is 2. The zero-order valence-electron chi connectivity index (χ0n) is 18.9. The first kappa shape index (κ1) is 21.6. The number of likely N-dealkylation sites (tertiary alicyclic amines) is 1. The number of amides is 2. The van der Waals surface area contributed by atoms with Gasteiger partial charge in [-0.15, -0.1) is 0 Å². The molecular formula is C26H33N3O2. The van der Waals surface area contributed by atoms with E-state index in [1.807, 2.05) is 24.3 Å². The summed E-state index contributed by atoms with van der Waals surface area (Å²) in [6.45, 7) is 4.98. The maximum atomic E-state index is 13.2. The van der Waals surface area contributed by atoms with Crippen LogP contribution in [-0.4, -0.2) is 61.4 Å². The molecule has 2 aromatic carbocycles. The average Bonchev–Trinajstić information content (AvgIpc) is 3.17. The lowest BCUT2D eigenvalue weighted by molar-refractivity contribution is -0.132. The first-order valence-electron chi connectivity index (χ1n) is 11.3. The predicted octanol–water partition coefficient (Wildman–Crippen LogP) is 3.61. The summed E-state index contributed by atoms with van der Waals surface area (Å²) in [5.41, 5.74) is 4.82. The number of anilines is 1. The summed E-state index contributed by atoms with van der Waals surface area (Å²) in [6, 6.07) is 16.2. The van der Waals surface area contributed by atoms with E-state index in [1.165, 1.54) is 11.1 Å². The van der Waals surface area contributed by atoms with Gasteiger partial charge >= 0.3 is 0 Å². The largest absolute Gasteiger partial charge is 0.347 e. The third kappa shape index (κ3) is 4.52. The Bertz CT molecular complexity index is 947. The van der Waals surface area contributed by atoms with E-state index in [0.717, 1.165) is 43.7 Å². The number of likely N-dealkylation sites (N-methyl/N-ethyl adjacent to an activating group) is 1. The van der Waals surface area contributed by atoms with Gasteiger partial charge in [-0.05, 0) is 61.5 Å². The van der Waals surface area contributed by atoms with Crippen LogP contribution in [0.3, 0.4) is 0 Å². The third-order valence-corrected chi connectivity index (χ3v) is 6.83. The molecule has 0 saturated carbocycles. The van der Waals surface area contributed by atoms with Crippen LogP contribution in [0.25, 0.3) is 0 Å². The van der Waals surface area contributed by atoms with Gasteiger partial charge in [0.05, 0.1) is 0 Å². The van der Waals surface area contributed by atoms with Gasteiger partial charge in [0, 0.05) is 39.2 Å². The van der Waals surface area contributed by atoms with E-state index in [9.17, 15) is 9.59 Å². The van der Waals surface area contributed by atoms with Gasteiger partial charge in [0.25, 0.3) is 0 Å². The van der Waals surface area contributed by atoms with Gasteiger partial charge in [0.1, 0.15) is 6.04 Å². The minimum atomic E-state index is -0.424. The summed E-state index contributed by atoms with van der Waals surface area (Å²) in [4.78, 5) is 31.7. The lowest BCUT2D eigenvalue weighted by Crippen LogP contribution is -2.48. The van der Waals surface area contributed by atoms with Crippen molar-refractivity contribution in [1.29, 1.82) is 0 Å². The molecule has 4 rings (SSSR count). The van der Waals surface area contributed by atoms with Crippen LogP contribution in [-0.2, 0) is 16.0 Å². The fourth-order valence-electron chi connectivity index (χ4n) is 5.08. The van der Waals surface area contributed by atoms with Crippen LogP contribution in [0.4, 0.5) is 5.69 Å². The number of hydrogen-bond acceptors (Lipinski definition) is 3. The zero-order chi connectivity index (χ0) is 22.0. The fourth-order valence-corrected chi connectivity index (χ4v) is 5.08. The van der Waals surface area contributed by atoms with Crippen molar-refractivity contribution >= 4 is 17.5 Å². The molecule has 2 aliphatic heterocycles. The molecule has 1 atom stereocenters. The molecule has 5 nitrogen and oxygen atoms in total. The van der Waals surface area contributed by atoms with Crippen molar-refractivity contribution in [1.82, 2.24) is 9.80 Å². The van der Waals surface area contributed by atoms with Gasteiger partial charge in [-0.25, -0.2) is 0 Å². The molecule has 5 heteroatoms. The van der Waals surface area contributed by atoms with Crippen LogP contribution in [0.15, 0.2) is 48.5 Å². The zero-order valence-corrected chi connectivity index (χ0v) is 18.9. The number of rotatable bonds is 5. The van der Waals surface area contributed by atoms with Crippen LogP contribution >= 0.6 is 0 Å². The smallest absolute Gasteiger partial charge is 0.245 e. The Morgan fingerprint density at radius 2 is 1.68 bits per heavy atom. The molecule has 0 aromatic heterocycles. The van der Waals surface area contributed by atoms with Gasteiger partial charge in [-0.3, -0.25) is 14.5 Å². The molecule has 31 heavy (non-hydrogen) atoms. The third-order valence-electron chi connectivity index (χ3n) is 6.83. The number of nitrogens with zero attached hydrogens (tertiary/aromatic N) is 3. The number of fused-ring (bicyclic) bond motifs is 1. The van der Waals surface area contributed by atoms with E-state index in [2.05, 4.69) is 36.1 Å². The van der Waals surface area contributed by atoms with E-state index in [0.29, 0.717) is 18.8 Å². The summed E-state index contributed by atoms with van der Waals surface area (Å²) < 4.78 is 0. The highest BCUT2D eigenvalue weighted by atomic mass is 16.2. The summed E-state index contributed by atoms with van der Waals surface area (Å²) in [5.74, 6) is 0.649. The summed E-state index contributed by atoms with van der Waals surface area (Å²) in [7, 11) is 3.51. The monoisotopic (exact) mass is 419 g/mol. The van der Waals surface area contributed by atoms with Crippen LogP contribution in [0, 0.1) is 6.92 Å². The van der Waals surface area contributed by atoms with E-state index >= 15 is 0 Å². The predicted molar refractivity (Wildman–Crippen MR) is 124 cm³/mol. The van der Waals surface area contributed by atoms with Crippen molar-refractivity contribution in [3.05, 3.63) is 65.2 Å². The SMILES string of the molecule is Cc1ccccc1C1CCN(CCC(=O)N2c3ccccc3CC2C(=O)N(C)C)CC1. The van der Waals surface area contributed by atoms with E-state index in [-0.39, 0.29) is 11.8 Å². The lowest BCUT2D eigenvalue weighted by atomic mass is 9.87. The van der Waals surface area contributed by atoms with Crippen LogP contribution in [0.1, 0.15) is 41.9 Å². The molecule has 2 aromatic rings. The molecule has 1 unspecified atom stereocenters. The number of piperidine rings is 1. The minimum absolute atomic E-state index is 0.0106. The molecule has 1 saturated heterocycles. The molecule has 0 N–H and O–H groups in total. The molecule has 2 amide bonds. The molecule has 1 fully saturated rings. The summed E-state index contributed by atoms with van der Waals surface area (Å²) in [6.07, 6.45) is 3.31. The van der Waals surface area contributed by atoms with Crippen molar-refractivity contribution in [2.24, 2.45) is 0 Å².